The highest BCUT2D eigenvalue weighted by molar-refractivity contribution is 7.15. The lowest BCUT2D eigenvalue weighted by Crippen LogP contribution is -2.25. The number of methoxy groups -OCH3 is 2. The number of halogens is 1. The van der Waals surface area contributed by atoms with Crippen LogP contribution < -0.4 is 25.4 Å². The van der Waals surface area contributed by atoms with E-state index in [9.17, 15) is 14.4 Å². The highest BCUT2D eigenvalue weighted by atomic mass is 35.5. The summed E-state index contributed by atoms with van der Waals surface area (Å²) in [4.78, 5) is 36.3. The molecule has 2 aromatic carbocycles. The molecule has 0 aliphatic rings. The van der Waals surface area contributed by atoms with Crippen LogP contribution in [0.15, 0.2) is 36.4 Å². The van der Waals surface area contributed by atoms with Gasteiger partial charge in [0.1, 0.15) is 16.5 Å². The van der Waals surface area contributed by atoms with E-state index in [-0.39, 0.29) is 33.3 Å². The fourth-order valence-electron chi connectivity index (χ4n) is 2.90. The maximum Gasteiger partial charge on any atom is 0.261 e. The first kappa shape index (κ1) is 24.9. The van der Waals surface area contributed by atoms with Crippen LogP contribution in [-0.4, -0.2) is 48.7 Å². The number of hydrogen-bond acceptors (Lipinski definition) is 8. The number of anilines is 2. The van der Waals surface area contributed by atoms with Crippen LogP contribution in [0.2, 0.25) is 5.02 Å². The van der Waals surface area contributed by atoms with Crippen molar-refractivity contribution in [3.63, 3.8) is 0 Å². The SMILES string of the molecule is COc1cccc(C(=O)NCCc2nnc(NC(=O)c3cc(Cl)c(NC(C)=O)cc3OC)s2)c1. The van der Waals surface area contributed by atoms with E-state index in [2.05, 4.69) is 26.1 Å². The van der Waals surface area contributed by atoms with E-state index < -0.39 is 5.91 Å². The summed E-state index contributed by atoms with van der Waals surface area (Å²) < 4.78 is 10.4. The van der Waals surface area contributed by atoms with Crippen LogP contribution in [0.1, 0.15) is 32.6 Å². The quantitative estimate of drug-likeness (QED) is 0.407. The van der Waals surface area contributed by atoms with E-state index in [0.29, 0.717) is 35.0 Å². The molecule has 0 aliphatic carbocycles. The van der Waals surface area contributed by atoms with Gasteiger partial charge in [-0.25, -0.2) is 0 Å². The Morgan fingerprint density at radius 1 is 1.03 bits per heavy atom. The Hall–Kier alpha value is -3.70. The van der Waals surface area contributed by atoms with Gasteiger partial charge in [-0.05, 0) is 24.3 Å². The number of nitrogens with one attached hydrogen (secondary N) is 3. The predicted molar refractivity (Wildman–Crippen MR) is 129 cm³/mol. The Morgan fingerprint density at radius 3 is 2.53 bits per heavy atom. The molecule has 0 radical (unpaired) electrons. The zero-order valence-electron chi connectivity index (χ0n) is 18.6. The third-order valence-corrected chi connectivity index (χ3v) is 5.70. The van der Waals surface area contributed by atoms with Gasteiger partial charge in [0.25, 0.3) is 11.8 Å². The number of aromatic nitrogens is 2. The van der Waals surface area contributed by atoms with Crippen molar-refractivity contribution in [2.75, 3.05) is 31.4 Å². The molecule has 0 saturated heterocycles. The number of hydrogen-bond donors (Lipinski definition) is 3. The molecule has 0 saturated carbocycles. The Kier molecular flexibility index (Phi) is 8.39. The first-order chi connectivity index (χ1) is 16.3. The zero-order valence-corrected chi connectivity index (χ0v) is 20.2. The van der Waals surface area contributed by atoms with Crippen molar-refractivity contribution in [1.29, 1.82) is 0 Å². The van der Waals surface area contributed by atoms with Crippen LogP contribution in [0, 0.1) is 0 Å². The summed E-state index contributed by atoms with van der Waals surface area (Å²) in [5.74, 6) is -0.205. The summed E-state index contributed by atoms with van der Waals surface area (Å²) in [5, 5.41) is 17.2. The molecular formula is C22H22ClN5O5S. The van der Waals surface area contributed by atoms with E-state index in [1.54, 1.807) is 24.3 Å². The fourth-order valence-corrected chi connectivity index (χ4v) is 3.85. The van der Waals surface area contributed by atoms with Gasteiger partial charge in [-0.3, -0.25) is 19.7 Å². The number of carbonyl (C=O) groups excluding carboxylic acids is 3. The van der Waals surface area contributed by atoms with Crippen LogP contribution in [0.25, 0.3) is 0 Å². The first-order valence-corrected chi connectivity index (χ1v) is 11.2. The molecule has 3 aromatic rings. The lowest BCUT2D eigenvalue weighted by Gasteiger charge is -2.12. The molecule has 1 heterocycles. The van der Waals surface area contributed by atoms with Gasteiger partial charge in [0.2, 0.25) is 11.0 Å². The number of carbonyl (C=O) groups is 3. The van der Waals surface area contributed by atoms with Crippen molar-refractivity contribution < 1.29 is 23.9 Å². The number of amides is 3. The lowest BCUT2D eigenvalue weighted by atomic mass is 10.1. The molecule has 10 nitrogen and oxygen atoms in total. The minimum absolute atomic E-state index is 0.170. The van der Waals surface area contributed by atoms with E-state index in [1.807, 2.05) is 0 Å². The molecule has 0 fully saturated rings. The standard InChI is InChI=1S/C22H22ClN5O5S/c1-12(29)25-17-11-18(33-3)15(10-16(17)23)21(31)26-22-28-27-19(34-22)7-8-24-20(30)13-5-4-6-14(9-13)32-2/h4-6,9-11H,7-8H2,1-3H3,(H,24,30)(H,25,29)(H,26,28,31). The molecule has 0 bridgehead atoms. The molecule has 0 atom stereocenters. The van der Waals surface area contributed by atoms with Gasteiger partial charge in [-0.15, -0.1) is 10.2 Å². The van der Waals surface area contributed by atoms with Crippen molar-refractivity contribution in [1.82, 2.24) is 15.5 Å². The van der Waals surface area contributed by atoms with Crippen molar-refractivity contribution in [3.8, 4) is 11.5 Å². The second-order valence-electron chi connectivity index (χ2n) is 6.91. The molecule has 178 valence electrons. The third kappa shape index (κ3) is 6.42. The monoisotopic (exact) mass is 503 g/mol. The Labute approximate surface area is 204 Å². The normalized spacial score (nSPS) is 10.4. The van der Waals surface area contributed by atoms with Crippen molar-refractivity contribution in [2.45, 2.75) is 13.3 Å². The van der Waals surface area contributed by atoms with Crippen LogP contribution in [-0.2, 0) is 11.2 Å². The molecule has 0 aliphatic heterocycles. The molecule has 0 spiro atoms. The van der Waals surface area contributed by atoms with Gasteiger partial charge in [0, 0.05) is 31.5 Å². The second kappa shape index (κ2) is 11.4. The van der Waals surface area contributed by atoms with E-state index in [4.69, 9.17) is 21.1 Å². The Morgan fingerprint density at radius 2 is 1.82 bits per heavy atom. The second-order valence-corrected chi connectivity index (χ2v) is 8.38. The Balaban J connectivity index is 1.59. The summed E-state index contributed by atoms with van der Waals surface area (Å²) in [5.41, 5.74) is 0.988. The van der Waals surface area contributed by atoms with Gasteiger partial charge in [0.05, 0.1) is 30.5 Å². The highest BCUT2D eigenvalue weighted by Gasteiger charge is 2.18. The number of nitrogens with zero attached hydrogens (tertiary/aromatic N) is 2. The third-order valence-electron chi connectivity index (χ3n) is 4.49. The maximum atomic E-state index is 12.7. The molecule has 3 rings (SSSR count). The lowest BCUT2D eigenvalue weighted by molar-refractivity contribution is -0.114. The number of benzene rings is 2. The molecule has 3 N–H and O–H groups in total. The van der Waals surface area contributed by atoms with Crippen molar-refractivity contribution in [3.05, 3.63) is 57.6 Å². The molecule has 3 amide bonds. The molecule has 0 unspecified atom stereocenters. The van der Waals surface area contributed by atoms with Crippen LogP contribution in [0.5, 0.6) is 11.5 Å². The Bertz CT molecular complexity index is 1220. The maximum absolute atomic E-state index is 12.7. The minimum atomic E-state index is -0.498. The molecule has 34 heavy (non-hydrogen) atoms. The van der Waals surface area contributed by atoms with Gasteiger partial charge in [-0.2, -0.15) is 0 Å². The first-order valence-electron chi connectivity index (χ1n) is 10.0. The van der Waals surface area contributed by atoms with E-state index in [1.165, 1.54) is 44.6 Å². The topological polar surface area (TPSA) is 132 Å². The summed E-state index contributed by atoms with van der Waals surface area (Å²) in [6.45, 7) is 1.69. The molecule has 1 aromatic heterocycles. The van der Waals surface area contributed by atoms with Crippen molar-refractivity contribution >= 4 is 51.5 Å². The minimum Gasteiger partial charge on any atom is -0.497 e. The van der Waals surface area contributed by atoms with Crippen LogP contribution >= 0.6 is 22.9 Å². The molecular weight excluding hydrogens is 482 g/mol. The zero-order chi connectivity index (χ0) is 24.7. The van der Waals surface area contributed by atoms with Crippen LogP contribution in [0.4, 0.5) is 10.8 Å². The average Bonchev–Trinajstić information content (AvgIpc) is 3.26. The summed E-state index contributed by atoms with van der Waals surface area (Å²) in [6.07, 6.45) is 0.434. The molecule has 12 heteroatoms. The van der Waals surface area contributed by atoms with Gasteiger partial charge < -0.3 is 20.1 Å². The van der Waals surface area contributed by atoms with Crippen molar-refractivity contribution in [2.24, 2.45) is 0 Å². The number of ether oxygens (including phenoxy) is 2. The van der Waals surface area contributed by atoms with Gasteiger partial charge in [0.15, 0.2) is 0 Å². The summed E-state index contributed by atoms with van der Waals surface area (Å²) in [7, 11) is 2.94. The average molecular weight is 504 g/mol. The van der Waals surface area contributed by atoms with Gasteiger partial charge in [-0.1, -0.05) is 29.0 Å². The smallest absolute Gasteiger partial charge is 0.261 e. The van der Waals surface area contributed by atoms with Gasteiger partial charge >= 0.3 is 0 Å². The largest absolute Gasteiger partial charge is 0.497 e. The van der Waals surface area contributed by atoms with E-state index in [0.717, 1.165) is 0 Å². The highest BCUT2D eigenvalue weighted by Crippen LogP contribution is 2.31. The summed E-state index contributed by atoms with van der Waals surface area (Å²) >= 11 is 7.36. The van der Waals surface area contributed by atoms with E-state index >= 15 is 0 Å². The number of rotatable bonds is 9. The fraction of sp³-hybridized carbons (Fsp3) is 0.227. The predicted octanol–water partition coefficient (Wildman–Crippen LogP) is 3.39. The summed E-state index contributed by atoms with van der Waals surface area (Å²) in [6, 6.07) is 9.71. The van der Waals surface area contributed by atoms with Crippen LogP contribution in [0.3, 0.4) is 0 Å².